The maximum atomic E-state index is 5.56. The predicted octanol–water partition coefficient (Wildman–Crippen LogP) is 3.21. The van der Waals surface area contributed by atoms with Gasteiger partial charge in [-0.3, -0.25) is 4.48 Å². The predicted molar refractivity (Wildman–Crippen MR) is 86.7 cm³/mol. The number of ether oxygens (including phenoxy) is 1. The fourth-order valence-electron chi connectivity index (χ4n) is 3.36. The highest BCUT2D eigenvalue weighted by atomic mass is 16.5. The van der Waals surface area contributed by atoms with Crippen LogP contribution in [0, 0.1) is 0 Å². The van der Waals surface area contributed by atoms with Crippen LogP contribution in [-0.4, -0.2) is 32.2 Å². The first-order valence-corrected chi connectivity index (χ1v) is 7.53. The van der Waals surface area contributed by atoms with E-state index in [0.717, 1.165) is 28.9 Å². The van der Waals surface area contributed by atoms with Crippen LogP contribution in [-0.2, 0) is 12.8 Å². The number of quaternary nitrogens is 1. The van der Waals surface area contributed by atoms with E-state index in [1.54, 1.807) is 7.11 Å². The molecule has 2 aromatic rings. The minimum atomic E-state index is 0.531. The molecule has 1 aromatic heterocycles. The smallest absolute Gasteiger partial charge is 0.227 e. The molecular weight excluding hydrogens is 260 g/mol. The van der Waals surface area contributed by atoms with Crippen LogP contribution in [0.4, 0.5) is 5.82 Å². The quantitative estimate of drug-likeness (QED) is 0.807. The Kier molecular flexibility index (Phi) is 3.68. The average molecular weight is 283 g/mol. The van der Waals surface area contributed by atoms with Gasteiger partial charge < -0.3 is 4.74 Å². The lowest BCUT2D eigenvalue weighted by Gasteiger charge is -2.39. The van der Waals surface area contributed by atoms with Crippen molar-refractivity contribution in [2.75, 3.05) is 21.2 Å². The van der Waals surface area contributed by atoms with Crippen molar-refractivity contribution < 1.29 is 4.74 Å². The molecule has 1 atom stereocenters. The van der Waals surface area contributed by atoms with Gasteiger partial charge in [0.05, 0.1) is 27.2 Å². The Labute approximate surface area is 126 Å². The van der Waals surface area contributed by atoms with Gasteiger partial charge in [0.15, 0.2) is 0 Å². The van der Waals surface area contributed by atoms with Crippen LogP contribution in [0.2, 0.25) is 0 Å². The summed E-state index contributed by atoms with van der Waals surface area (Å²) in [5, 5.41) is 0. The number of rotatable bonds is 3. The lowest BCUT2D eigenvalue weighted by atomic mass is 9.86. The Hall–Kier alpha value is -1.87. The summed E-state index contributed by atoms with van der Waals surface area (Å²) < 4.78 is 6.37. The second-order valence-electron chi connectivity index (χ2n) is 6.22. The number of aryl methyl sites for hydroxylation is 1. The van der Waals surface area contributed by atoms with Gasteiger partial charge in [0, 0.05) is 30.7 Å². The monoisotopic (exact) mass is 283 g/mol. The van der Waals surface area contributed by atoms with Crippen molar-refractivity contribution in [2.45, 2.75) is 25.3 Å². The molecule has 3 rings (SSSR count). The normalized spacial score (nSPS) is 18.1. The fourth-order valence-corrected chi connectivity index (χ4v) is 3.36. The third-order valence-corrected chi connectivity index (χ3v) is 4.79. The Morgan fingerprint density at radius 3 is 2.71 bits per heavy atom. The van der Waals surface area contributed by atoms with Gasteiger partial charge in [-0.2, -0.15) is 0 Å². The molecule has 1 aliphatic rings. The van der Waals surface area contributed by atoms with E-state index in [0.29, 0.717) is 6.04 Å². The van der Waals surface area contributed by atoms with Crippen molar-refractivity contribution in [1.82, 2.24) is 9.47 Å². The van der Waals surface area contributed by atoms with Crippen molar-refractivity contribution in [2.24, 2.45) is 0 Å². The summed E-state index contributed by atoms with van der Waals surface area (Å²) in [4.78, 5) is 4.57. The summed E-state index contributed by atoms with van der Waals surface area (Å²) in [5.74, 6) is 2.15. The van der Waals surface area contributed by atoms with Crippen molar-refractivity contribution in [3.05, 3.63) is 53.7 Å². The molecule has 3 nitrogen and oxygen atoms in total. The number of methoxy groups -OCH3 is 1. The van der Waals surface area contributed by atoms with Gasteiger partial charge in [0.2, 0.25) is 5.82 Å². The molecule has 0 N–H and O–H groups in total. The minimum absolute atomic E-state index is 0.531. The Morgan fingerprint density at radius 2 is 2.00 bits per heavy atom. The summed E-state index contributed by atoms with van der Waals surface area (Å²) in [5.41, 5.74) is 2.81. The summed E-state index contributed by atoms with van der Waals surface area (Å²) in [6.07, 6.45) is 5.23. The van der Waals surface area contributed by atoms with Crippen molar-refractivity contribution >= 4 is 5.82 Å². The number of benzene rings is 1. The first-order valence-electron chi connectivity index (χ1n) is 7.53. The number of hydrogen-bond acceptors (Lipinski definition) is 2. The van der Waals surface area contributed by atoms with Gasteiger partial charge in [-0.25, -0.2) is 4.98 Å². The third-order valence-electron chi connectivity index (χ3n) is 4.79. The highest BCUT2D eigenvalue weighted by molar-refractivity contribution is 5.44. The Morgan fingerprint density at radius 1 is 1.14 bits per heavy atom. The van der Waals surface area contributed by atoms with Crippen LogP contribution in [0.25, 0.3) is 0 Å². The lowest BCUT2D eigenvalue weighted by molar-refractivity contribution is 0.257. The molecule has 0 aliphatic heterocycles. The van der Waals surface area contributed by atoms with Crippen molar-refractivity contribution in [1.29, 1.82) is 0 Å². The average Bonchev–Trinajstić information content (AvgIpc) is 2.54. The fraction of sp³-hybridized carbons (Fsp3) is 0.389. The number of pyridine rings is 1. The maximum Gasteiger partial charge on any atom is 0.227 e. The zero-order chi connectivity index (χ0) is 14.9. The molecule has 0 fully saturated rings. The second-order valence-corrected chi connectivity index (χ2v) is 6.22. The van der Waals surface area contributed by atoms with E-state index >= 15 is 0 Å². The molecule has 0 spiro atoms. The second kappa shape index (κ2) is 5.49. The van der Waals surface area contributed by atoms with Crippen molar-refractivity contribution in [3.63, 3.8) is 0 Å². The molecule has 0 radical (unpaired) electrons. The van der Waals surface area contributed by atoms with Gasteiger partial charge in [0.1, 0.15) is 5.75 Å². The number of nitrogens with zero attached hydrogens (tertiary/aromatic N) is 2. The van der Waals surface area contributed by atoms with Crippen LogP contribution in [0.15, 0.2) is 42.6 Å². The Balaban J connectivity index is 1.92. The first kappa shape index (κ1) is 14.1. The van der Waals surface area contributed by atoms with E-state index in [2.05, 4.69) is 49.4 Å². The van der Waals surface area contributed by atoms with Gasteiger partial charge in [-0.15, -0.1) is 0 Å². The molecule has 0 unspecified atom stereocenters. The number of hydrogen-bond donors (Lipinski definition) is 0. The van der Waals surface area contributed by atoms with E-state index in [9.17, 15) is 0 Å². The van der Waals surface area contributed by atoms with Crippen LogP contribution in [0.1, 0.15) is 17.5 Å². The van der Waals surface area contributed by atoms with Gasteiger partial charge >= 0.3 is 0 Å². The number of aromatic nitrogens is 1. The highest BCUT2D eigenvalue weighted by Gasteiger charge is 2.35. The van der Waals surface area contributed by atoms with E-state index in [-0.39, 0.29) is 0 Å². The molecule has 21 heavy (non-hydrogen) atoms. The van der Waals surface area contributed by atoms with Gasteiger partial charge in [0.25, 0.3) is 0 Å². The van der Waals surface area contributed by atoms with Gasteiger partial charge in [-0.05, 0) is 24.1 Å². The van der Waals surface area contributed by atoms with E-state index in [4.69, 9.17) is 4.74 Å². The van der Waals surface area contributed by atoms with E-state index in [1.165, 1.54) is 17.5 Å². The largest absolute Gasteiger partial charge is 0.496 e. The highest BCUT2D eigenvalue weighted by Crippen LogP contribution is 2.34. The summed E-state index contributed by atoms with van der Waals surface area (Å²) in [6.45, 7) is 0. The topological polar surface area (TPSA) is 22.1 Å². The lowest BCUT2D eigenvalue weighted by Crippen LogP contribution is -2.53. The molecule has 3 heteroatoms. The van der Waals surface area contributed by atoms with Crippen LogP contribution >= 0.6 is 0 Å². The first-order chi connectivity index (χ1) is 10.1. The molecule has 0 amide bonds. The minimum Gasteiger partial charge on any atom is -0.496 e. The molecule has 0 bridgehead atoms. The molecule has 110 valence electrons. The molecule has 1 aliphatic carbocycles. The van der Waals surface area contributed by atoms with Gasteiger partial charge in [-0.1, -0.05) is 18.2 Å². The molecule has 1 heterocycles. The molecule has 1 aromatic carbocycles. The van der Waals surface area contributed by atoms with Crippen LogP contribution in [0.5, 0.6) is 5.75 Å². The van der Waals surface area contributed by atoms with Crippen LogP contribution < -0.4 is 9.22 Å². The summed E-state index contributed by atoms with van der Waals surface area (Å²) in [6, 6.07) is 13.1. The zero-order valence-corrected chi connectivity index (χ0v) is 13.0. The molecule has 0 saturated heterocycles. The number of fused-ring (bicyclic) bond motifs is 1. The standard InChI is InChI=1S/C18H23N2O/c1-20(2,18-9-4-5-12-19-18)15-11-10-14-7-6-8-17(21-3)16(14)13-15/h4-9,12,15H,10-11,13H2,1-3H3/q+1/t15-/m0/s1. The Bertz CT molecular complexity index is 608. The molecular formula is C18H23N2O+. The van der Waals surface area contributed by atoms with Crippen LogP contribution in [0.3, 0.4) is 0 Å². The van der Waals surface area contributed by atoms with E-state index in [1.807, 2.05) is 12.3 Å². The molecule has 0 saturated carbocycles. The van der Waals surface area contributed by atoms with E-state index < -0.39 is 0 Å². The van der Waals surface area contributed by atoms with Crippen molar-refractivity contribution in [3.8, 4) is 5.75 Å². The third kappa shape index (κ3) is 2.54. The summed E-state index contributed by atoms with van der Waals surface area (Å²) in [7, 11) is 6.28. The SMILES string of the molecule is COc1cccc2c1C[C@@H]([N+](C)(C)c1ccccn1)CC2. The summed E-state index contributed by atoms with van der Waals surface area (Å²) >= 11 is 0. The maximum absolute atomic E-state index is 5.56. The number of likely N-dealkylation sites (N-methyl/N-ethyl adjacent to an activating group) is 1. The zero-order valence-electron chi connectivity index (χ0n) is 13.0.